The third kappa shape index (κ3) is 36.0. The van der Waals surface area contributed by atoms with Crippen molar-refractivity contribution >= 4 is 5.91 Å². The average molecular weight is 662 g/mol. The van der Waals surface area contributed by atoms with Crippen LogP contribution in [0.1, 0.15) is 226 Å². The molecule has 0 radical (unpaired) electrons. The fourth-order valence-electron chi connectivity index (χ4n) is 6.43. The maximum absolute atomic E-state index is 12.4. The molecule has 3 N–H and O–H groups in total. The molecule has 0 aliphatic rings. The Kier molecular flexibility index (Phi) is 38.4. The van der Waals surface area contributed by atoms with E-state index in [9.17, 15) is 15.0 Å². The number of nitrogens with one attached hydrogen (secondary N) is 1. The molecule has 0 fully saturated rings. The maximum atomic E-state index is 12.4. The van der Waals surface area contributed by atoms with Gasteiger partial charge in [-0.15, -0.1) is 0 Å². The second kappa shape index (κ2) is 39.3. The lowest BCUT2D eigenvalue weighted by atomic mass is 10.0. The van der Waals surface area contributed by atoms with Gasteiger partial charge in [0.15, 0.2) is 0 Å². The van der Waals surface area contributed by atoms with E-state index in [2.05, 4.69) is 31.3 Å². The van der Waals surface area contributed by atoms with Crippen molar-refractivity contribution in [1.29, 1.82) is 0 Å². The fourth-order valence-corrected chi connectivity index (χ4v) is 6.43. The highest BCUT2D eigenvalue weighted by molar-refractivity contribution is 5.76. The minimum atomic E-state index is -0.857. The Morgan fingerprint density at radius 3 is 1.23 bits per heavy atom. The number of aliphatic hydroxyl groups excluding tert-OH is 2. The molecule has 4 nitrogen and oxygen atoms in total. The lowest BCUT2D eigenvalue weighted by Gasteiger charge is -2.19. The third-order valence-electron chi connectivity index (χ3n) is 9.69. The van der Waals surface area contributed by atoms with Crippen LogP contribution in [0.4, 0.5) is 0 Å². The Balaban J connectivity index is 3.59. The van der Waals surface area contributed by atoms with E-state index in [-0.39, 0.29) is 12.5 Å². The molecule has 0 aromatic carbocycles. The van der Waals surface area contributed by atoms with E-state index in [4.69, 9.17) is 0 Å². The van der Waals surface area contributed by atoms with E-state index in [1.807, 2.05) is 6.08 Å². The van der Waals surface area contributed by atoms with Crippen molar-refractivity contribution in [3.8, 4) is 0 Å². The number of carbonyl (C=O) groups is 1. The molecule has 0 unspecified atom stereocenters. The van der Waals surface area contributed by atoms with Crippen molar-refractivity contribution in [2.45, 2.75) is 238 Å². The van der Waals surface area contributed by atoms with Crippen LogP contribution in [0.15, 0.2) is 24.3 Å². The summed E-state index contributed by atoms with van der Waals surface area (Å²) in [4.78, 5) is 12.4. The van der Waals surface area contributed by atoms with Crippen LogP contribution in [0.5, 0.6) is 0 Å². The van der Waals surface area contributed by atoms with Gasteiger partial charge in [0, 0.05) is 6.42 Å². The molecular formula is C43H83NO3. The van der Waals surface area contributed by atoms with Crippen LogP contribution in [-0.4, -0.2) is 34.9 Å². The SMILES string of the molecule is CCCCCCCCCCCCC/C=C/CC/C=C/[C@@H](O)[C@H](CO)NC(=O)CCCCCCCCCCCCCCCCCCCC. The van der Waals surface area contributed by atoms with E-state index in [1.165, 1.54) is 173 Å². The summed E-state index contributed by atoms with van der Waals surface area (Å²) < 4.78 is 0. The van der Waals surface area contributed by atoms with Gasteiger partial charge in [0.05, 0.1) is 18.8 Å². The number of amides is 1. The molecule has 0 aliphatic carbocycles. The van der Waals surface area contributed by atoms with Crippen molar-refractivity contribution in [3.63, 3.8) is 0 Å². The highest BCUT2D eigenvalue weighted by Gasteiger charge is 2.17. The van der Waals surface area contributed by atoms with E-state index in [0.29, 0.717) is 6.42 Å². The third-order valence-corrected chi connectivity index (χ3v) is 9.69. The minimum absolute atomic E-state index is 0.0710. The van der Waals surface area contributed by atoms with Crippen molar-refractivity contribution in [2.24, 2.45) is 0 Å². The Hall–Kier alpha value is -1.13. The molecule has 0 bridgehead atoms. The first-order valence-electron chi connectivity index (χ1n) is 21.1. The van der Waals surface area contributed by atoms with Crippen molar-refractivity contribution in [3.05, 3.63) is 24.3 Å². The van der Waals surface area contributed by atoms with Crippen molar-refractivity contribution in [2.75, 3.05) is 6.61 Å². The summed E-state index contributed by atoms with van der Waals surface area (Å²) in [5.74, 6) is -0.0710. The molecular weight excluding hydrogens is 578 g/mol. The normalized spacial score (nSPS) is 13.2. The molecule has 0 saturated carbocycles. The van der Waals surface area contributed by atoms with Crippen LogP contribution in [0.2, 0.25) is 0 Å². The van der Waals surface area contributed by atoms with Gasteiger partial charge in [0.25, 0.3) is 0 Å². The van der Waals surface area contributed by atoms with Gasteiger partial charge in [-0.1, -0.05) is 212 Å². The first-order chi connectivity index (χ1) is 23.2. The number of hydrogen-bond donors (Lipinski definition) is 3. The largest absolute Gasteiger partial charge is 0.394 e. The molecule has 0 aliphatic heterocycles. The van der Waals surface area contributed by atoms with Crippen molar-refractivity contribution < 1.29 is 15.0 Å². The lowest BCUT2D eigenvalue weighted by Crippen LogP contribution is -2.45. The summed E-state index contributed by atoms with van der Waals surface area (Å²) in [5, 5.41) is 23.0. The van der Waals surface area contributed by atoms with Crippen LogP contribution in [0.3, 0.4) is 0 Å². The van der Waals surface area contributed by atoms with Crippen LogP contribution in [0, 0.1) is 0 Å². The fraction of sp³-hybridized carbons (Fsp3) is 0.884. The molecule has 0 aromatic heterocycles. The number of rotatable bonds is 38. The monoisotopic (exact) mass is 662 g/mol. The second-order valence-electron chi connectivity index (χ2n) is 14.4. The zero-order chi connectivity index (χ0) is 34.3. The van der Waals surface area contributed by atoms with Gasteiger partial charge in [-0.25, -0.2) is 0 Å². The number of carbonyl (C=O) groups excluding carboxylic acids is 1. The van der Waals surface area contributed by atoms with Gasteiger partial charge in [-0.2, -0.15) is 0 Å². The summed E-state index contributed by atoms with van der Waals surface area (Å²) in [6.45, 7) is 4.31. The Bertz CT molecular complexity index is 676. The van der Waals surface area contributed by atoms with Gasteiger partial charge in [0.2, 0.25) is 5.91 Å². The molecule has 278 valence electrons. The molecule has 1 amide bonds. The smallest absolute Gasteiger partial charge is 0.220 e. The summed E-state index contributed by atoms with van der Waals surface area (Å²) in [7, 11) is 0. The number of aliphatic hydroxyl groups is 2. The lowest BCUT2D eigenvalue weighted by molar-refractivity contribution is -0.123. The minimum Gasteiger partial charge on any atom is -0.394 e. The predicted octanol–water partition coefficient (Wildman–Crippen LogP) is 12.8. The van der Waals surface area contributed by atoms with Crippen LogP contribution in [0.25, 0.3) is 0 Å². The number of unbranched alkanes of at least 4 members (excludes halogenated alkanes) is 29. The molecule has 0 aromatic rings. The van der Waals surface area contributed by atoms with E-state index in [1.54, 1.807) is 6.08 Å². The summed E-state index contributed by atoms with van der Waals surface area (Å²) in [5.41, 5.74) is 0. The quantitative estimate of drug-likeness (QED) is 0.0455. The Labute approximate surface area is 294 Å². The first-order valence-corrected chi connectivity index (χ1v) is 21.1. The predicted molar refractivity (Wildman–Crippen MR) is 207 cm³/mol. The topological polar surface area (TPSA) is 69.6 Å². The maximum Gasteiger partial charge on any atom is 0.220 e. The van der Waals surface area contributed by atoms with Crippen molar-refractivity contribution in [1.82, 2.24) is 5.32 Å². The van der Waals surface area contributed by atoms with Crippen LogP contribution >= 0.6 is 0 Å². The highest BCUT2D eigenvalue weighted by atomic mass is 16.3. The first kappa shape index (κ1) is 45.9. The molecule has 0 spiro atoms. The van der Waals surface area contributed by atoms with E-state index < -0.39 is 12.1 Å². The van der Waals surface area contributed by atoms with Gasteiger partial charge in [-0.3, -0.25) is 4.79 Å². The van der Waals surface area contributed by atoms with Crippen LogP contribution < -0.4 is 5.32 Å². The molecule has 0 heterocycles. The Morgan fingerprint density at radius 2 is 0.830 bits per heavy atom. The zero-order valence-corrected chi connectivity index (χ0v) is 31.8. The molecule has 47 heavy (non-hydrogen) atoms. The Morgan fingerprint density at radius 1 is 0.489 bits per heavy atom. The average Bonchev–Trinajstić information content (AvgIpc) is 3.07. The van der Waals surface area contributed by atoms with Gasteiger partial charge < -0.3 is 15.5 Å². The summed E-state index contributed by atoms with van der Waals surface area (Å²) >= 11 is 0. The van der Waals surface area contributed by atoms with Gasteiger partial charge >= 0.3 is 0 Å². The zero-order valence-electron chi connectivity index (χ0n) is 31.8. The molecule has 0 saturated heterocycles. The molecule has 2 atom stereocenters. The summed E-state index contributed by atoms with van der Waals surface area (Å²) in [6, 6.07) is -0.633. The highest BCUT2D eigenvalue weighted by Crippen LogP contribution is 2.15. The van der Waals surface area contributed by atoms with E-state index >= 15 is 0 Å². The molecule has 0 rings (SSSR count). The van der Waals surface area contributed by atoms with E-state index in [0.717, 1.165) is 32.1 Å². The second-order valence-corrected chi connectivity index (χ2v) is 14.4. The van der Waals surface area contributed by atoms with Gasteiger partial charge in [-0.05, 0) is 32.1 Å². The number of hydrogen-bond acceptors (Lipinski definition) is 3. The number of allylic oxidation sites excluding steroid dienone is 3. The van der Waals surface area contributed by atoms with Gasteiger partial charge in [0.1, 0.15) is 0 Å². The summed E-state index contributed by atoms with van der Waals surface area (Å²) in [6.07, 6.45) is 49.9. The van der Waals surface area contributed by atoms with Crippen LogP contribution in [-0.2, 0) is 4.79 Å². The molecule has 4 heteroatoms. The standard InChI is InChI=1S/C43H83NO3/c1-3-5-7-9-11-13-15-17-19-21-23-25-27-29-31-33-35-37-39-43(47)44-41(40-45)42(46)38-36-34-32-30-28-26-24-22-20-18-16-14-12-10-8-6-4-2/h28,30,36,38,41-42,45-46H,3-27,29,31-35,37,39-40H2,1-2H3,(H,44,47)/b30-28+,38-36+/t41-,42+/m0/s1.